The predicted molar refractivity (Wildman–Crippen MR) is 181 cm³/mol. The van der Waals surface area contributed by atoms with Crippen LogP contribution in [-0.2, 0) is 21.4 Å². The lowest BCUT2D eigenvalue weighted by Gasteiger charge is -2.22. The molecule has 0 radical (unpaired) electrons. The first-order valence-corrected chi connectivity index (χ1v) is 16.8. The van der Waals surface area contributed by atoms with Crippen molar-refractivity contribution in [2.24, 2.45) is 5.92 Å². The molecule has 1 amide bonds. The normalized spacial score (nSPS) is 14.6. The molecule has 238 valence electrons. The number of amides is 1. The Bertz CT molecular complexity index is 1240. The lowest BCUT2D eigenvalue weighted by atomic mass is 9.84. The first-order valence-electron chi connectivity index (χ1n) is 16.8. The van der Waals surface area contributed by atoms with Crippen molar-refractivity contribution >= 4 is 11.6 Å². The molecule has 1 aliphatic rings. The summed E-state index contributed by atoms with van der Waals surface area (Å²) in [5.41, 5.74) is 4.17. The van der Waals surface area contributed by atoms with E-state index in [4.69, 9.17) is 14.2 Å². The minimum Gasteiger partial charge on any atom is -0.494 e. The molecule has 0 aliphatic heterocycles. The summed E-state index contributed by atoms with van der Waals surface area (Å²) in [7, 11) is 0. The van der Waals surface area contributed by atoms with Gasteiger partial charge in [-0.25, -0.2) is 0 Å². The molecule has 0 aromatic heterocycles. The van der Waals surface area contributed by atoms with E-state index in [0.29, 0.717) is 18.9 Å². The van der Waals surface area contributed by atoms with E-state index in [1.165, 1.54) is 37.7 Å². The molecule has 1 unspecified atom stereocenters. The summed E-state index contributed by atoms with van der Waals surface area (Å²) < 4.78 is 17.6. The summed E-state index contributed by atoms with van der Waals surface area (Å²) >= 11 is 0. The molecule has 3 aromatic rings. The average Bonchev–Trinajstić information content (AvgIpc) is 3.03. The van der Waals surface area contributed by atoms with Crippen molar-refractivity contribution in [1.29, 1.82) is 0 Å². The smallest absolute Gasteiger partial charge is 0.232 e. The van der Waals surface area contributed by atoms with E-state index < -0.39 is 0 Å². The highest BCUT2D eigenvalue weighted by Gasteiger charge is 2.23. The highest BCUT2D eigenvalue weighted by Crippen LogP contribution is 2.29. The number of nitrogens with one attached hydrogen (secondary N) is 1. The fourth-order valence-corrected chi connectivity index (χ4v) is 5.67. The molecule has 3 aromatic carbocycles. The maximum atomic E-state index is 13.8. The van der Waals surface area contributed by atoms with Gasteiger partial charge < -0.3 is 19.5 Å². The molecule has 0 saturated heterocycles. The van der Waals surface area contributed by atoms with Crippen LogP contribution in [0.4, 0.5) is 5.69 Å². The molecule has 1 aliphatic carbocycles. The van der Waals surface area contributed by atoms with Crippen molar-refractivity contribution in [3.63, 3.8) is 0 Å². The monoisotopic (exact) mass is 599 g/mol. The zero-order valence-corrected chi connectivity index (χ0v) is 27.4. The molecule has 4 rings (SSSR count). The van der Waals surface area contributed by atoms with Crippen molar-refractivity contribution in [2.45, 2.75) is 96.8 Å². The van der Waals surface area contributed by atoms with Crippen LogP contribution < -0.4 is 14.8 Å². The van der Waals surface area contributed by atoms with Crippen molar-refractivity contribution in [1.82, 2.24) is 0 Å². The largest absolute Gasteiger partial charge is 0.494 e. The van der Waals surface area contributed by atoms with Gasteiger partial charge in [0, 0.05) is 25.3 Å². The van der Waals surface area contributed by atoms with Crippen molar-refractivity contribution in [3.8, 4) is 11.5 Å². The lowest BCUT2D eigenvalue weighted by Crippen LogP contribution is -2.23. The number of anilines is 1. The molecule has 0 bridgehead atoms. The van der Waals surface area contributed by atoms with Crippen LogP contribution in [0.5, 0.6) is 11.5 Å². The maximum absolute atomic E-state index is 13.8. The second-order valence-corrected chi connectivity index (χ2v) is 13.3. The van der Waals surface area contributed by atoms with Gasteiger partial charge in [0.15, 0.2) is 0 Å². The summed E-state index contributed by atoms with van der Waals surface area (Å²) in [6, 6.07) is 24.4. The van der Waals surface area contributed by atoms with Gasteiger partial charge in [0.1, 0.15) is 11.5 Å². The Labute approximate surface area is 265 Å². The number of carbonyl (C=O) groups excluding carboxylic acids is 1. The molecular formula is C39H53NO4. The summed E-state index contributed by atoms with van der Waals surface area (Å²) in [6.07, 6.45) is 10.2. The highest BCUT2D eigenvalue weighted by atomic mass is 16.5. The van der Waals surface area contributed by atoms with Gasteiger partial charge in [0.05, 0.1) is 19.1 Å². The third-order valence-electron chi connectivity index (χ3n) is 8.54. The number of rotatable bonds is 16. The second kappa shape index (κ2) is 17.2. The van der Waals surface area contributed by atoms with Gasteiger partial charge in [-0.3, -0.25) is 4.79 Å². The van der Waals surface area contributed by atoms with E-state index in [0.717, 1.165) is 67.4 Å². The Morgan fingerprint density at radius 1 is 0.795 bits per heavy atom. The molecule has 0 spiro atoms. The van der Waals surface area contributed by atoms with Crippen LogP contribution in [0.1, 0.15) is 102 Å². The second-order valence-electron chi connectivity index (χ2n) is 13.3. The Hall–Kier alpha value is -3.31. The summed E-state index contributed by atoms with van der Waals surface area (Å²) in [4.78, 5) is 13.8. The molecule has 5 heteroatoms. The van der Waals surface area contributed by atoms with Gasteiger partial charge in [-0.15, -0.1) is 0 Å². The van der Waals surface area contributed by atoms with E-state index >= 15 is 0 Å². The van der Waals surface area contributed by atoms with E-state index in [1.807, 2.05) is 36.4 Å². The Morgan fingerprint density at radius 2 is 1.43 bits per heavy atom. The van der Waals surface area contributed by atoms with Gasteiger partial charge in [0.2, 0.25) is 5.91 Å². The van der Waals surface area contributed by atoms with E-state index in [9.17, 15) is 4.79 Å². The SMILES string of the molecule is CCCCOCCCOc1ccc(CC(C(=O)Nc2ccc(OCC3CCCCC3)cc2)c2ccc(C(C)(C)C)cc2)cc1. The quantitative estimate of drug-likeness (QED) is 0.167. The first kappa shape index (κ1) is 33.6. The van der Waals surface area contributed by atoms with Gasteiger partial charge in [-0.05, 0) is 90.1 Å². The van der Waals surface area contributed by atoms with Gasteiger partial charge in [-0.2, -0.15) is 0 Å². The number of hydrogen-bond donors (Lipinski definition) is 1. The molecule has 1 saturated carbocycles. The zero-order chi connectivity index (χ0) is 31.2. The standard InChI is InChI=1S/C39H53NO4/c1-5-6-25-42-26-10-27-43-35-21-13-30(14-22-35)28-37(32-15-17-33(18-16-32)39(2,3)4)38(41)40-34-19-23-36(24-20-34)44-29-31-11-8-7-9-12-31/h13-24,31,37H,5-12,25-29H2,1-4H3,(H,40,41). The molecule has 44 heavy (non-hydrogen) atoms. The van der Waals surface area contributed by atoms with Gasteiger partial charge >= 0.3 is 0 Å². The van der Waals surface area contributed by atoms with Crippen molar-refractivity contribution in [3.05, 3.63) is 89.5 Å². The van der Waals surface area contributed by atoms with Crippen LogP contribution in [0, 0.1) is 5.92 Å². The highest BCUT2D eigenvalue weighted by molar-refractivity contribution is 5.96. The van der Waals surface area contributed by atoms with Crippen molar-refractivity contribution in [2.75, 3.05) is 31.7 Å². The Morgan fingerprint density at radius 3 is 2.09 bits per heavy atom. The molecule has 1 fully saturated rings. The van der Waals surface area contributed by atoms with Crippen LogP contribution in [0.15, 0.2) is 72.8 Å². The fraction of sp³-hybridized carbons (Fsp3) is 0.513. The zero-order valence-electron chi connectivity index (χ0n) is 27.4. The van der Waals surface area contributed by atoms with Gasteiger partial charge in [0.25, 0.3) is 0 Å². The molecule has 1 atom stereocenters. The molecule has 1 N–H and O–H groups in total. The van der Waals surface area contributed by atoms with Crippen LogP contribution in [-0.4, -0.2) is 32.3 Å². The molecule has 0 heterocycles. The predicted octanol–water partition coefficient (Wildman–Crippen LogP) is 9.49. The number of ether oxygens (including phenoxy) is 3. The minimum atomic E-state index is -0.335. The molecule has 5 nitrogen and oxygen atoms in total. The Kier molecular flexibility index (Phi) is 13.2. The summed E-state index contributed by atoms with van der Waals surface area (Å²) in [5.74, 6) is 1.99. The maximum Gasteiger partial charge on any atom is 0.232 e. The third kappa shape index (κ3) is 11.0. The van der Waals surface area contributed by atoms with Crippen LogP contribution in [0.2, 0.25) is 0 Å². The topological polar surface area (TPSA) is 56.8 Å². The Balaban J connectivity index is 1.38. The van der Waals surface area contributed by atoms with E-state index in [2.05, 4.69) is 69.4 Å². The van der Waals surface area contributed by atoms with Crippen molar-refractivity contribution < 1.29 is 19.0 Å². The third-order valence-corrected chi connectivity index (χ3v) is 8.54. The molecular weight excluding hydrogens is 546 g/mol. The van der Waals surface area contributed by atoms with E-state index in [1.54, 1.807) is 0 Å². The average molecular weight is 600 g/mol. The summed E-state index contributed by atoms with van der Waals surface area (Å²) in [5, 5.41) is 3.17. The minimum absolute atomic E-state index is 0.0206. The number of benzene rings is 3. The fourth-order valence-electron chi connectivity index (χ4n) is 5.67. The number of unbranched alkanes of at least 4 members (excludes halogenated alkanes) is 1. The first-order chi connectivity index (χ1) is 21.3. The number of carbonyl (C=O) groups is 1. The van der Waals surface area contributed by atoms with Crippen LogP contribution in [0.3, 0.4) is 0 Å². The summed E-state index contributed by atoms with van der Waals surface area (Å²) in [6.45, 7) is 11.7. The lowest BCUT2D eigenvalue weighted by molar-refractivity contribution is -0.117. The number of hydrogen-bond acceptors (Lipinski definition) is 4. The van der Waals surface area contributed by atoms with E-state index in [-0.39, 0.29) is 17.2 Å². The van der Waals surface area contributed by atoms with Crippen LogP contribution >= 0.6 is 0 Å². The van der Waals surface area contributed by atoms with Crippen LogP contribution in [0.25, 0.3) is 0 Å². The van der Waals surface area contributed by atoms with Gasteiger partial charge in [-0.1, -0.05) is 89.8 Å².